The van der Waals surface area contributed by atoms with Gasteiger partial charge in [-0.15, -0.1) is 0 Å². The Balaban J connectivity index is 3.10. The molecule has 1 aromatic carbocycles. The van der Waals surface area contributed by atoms with Crippen LogP contribution < -0.4 is 5.32 Å². The molecule has 1 N–H and O–H groups in total. The summed E-state index contributed by atoms with van der Waals surface area (Å²) in [5.74, 6) is 0. The van der Waals surface area contributed by atoms with Gasteiger partial charge >= 0.3 is 0 Å². The van der Waals surface area contributed by atoms with Crippen molar-refractivity contribution in [1.82, 2.24) is 5.32 Å². The van der Waals surface area contributed by atoms with Gasteiger partial charge in [-0.1, -0.05) is 55.2 Å². The molecule has 0 radical (unpaired) electrons. The Bertz CT molecular complexity index is 337. The molecule has 3 heteroatoms. The standard InChI is InChI=1S/C13H19BrClN/c1-5-16-12(13(2,3)4)9-6-10(14)8-11(15)7-9/h6-8,12,16H,5H2,1-4H3. The lowest BCUT2D eigenvalue weighted by atomic mass is 9.82. The maximum atomic E-state index is 6.09. The predicted octanol–water partition coefficient (Wildman–Crippen LogP) is 4.80. The topological polar surface area (TPSA) is 12.0 Å². The van der Waals surface area contributed by atoms with E-state index in [0.29, 0.717) is 6.04 Å². The fourth-order valence-corrected chi connectivity index (χ4v) is 2.76. The highest BCUT2D eigenvalue weighted by Crippen LogP contribution is 2.35. The highest BCUT2D eigenvalue weighted by molar-refractivity contribution is 9.10. The number of halogens is 2. The molecule has 0 amide bonds. The summed E-state index contributed by atoms with van der Waals surface area (Å²) in [6.45, 7) is 9.77. The van der Waals surface area contributed by atoms with Crippen LogP contribution in [0.5, 0.6) is 0 Å². The second-order valence-electron chi connectivity index (χ2n) is 5.06. The van der Waals surface area contributed by atoms with E-state index in [2.05, 4.69) is 55.0 Å². The van der Waals surface area contributed by atoms with Crippen LogP contribution in [0.4, 0.5) is 0 Å². The van der Waals surface area contributed by atoms with E-state index in [-0.39, 0.29) is 5.41 Å². The van der Waals surface area contributed by atoms with Crippen LogP contribution in [-0.2, 0) is 0 Å². The van der Waals surface area contributed by atoms with Gasteiger partial charge in [0.25, 0.3) is 0 Å². The molecule has 0 spiro atoms. The van der Waals surface area contributed by atoms with Gasteiger partial charge in [0.1, 0.15) is 0 Å². The zero-order chi connectivity index (χ0) is 12.3. The minimum atomic E-state index is 0.167. The van der Waals surface area contributed by atoms with E-state index >= 15 is 0 Å². The Morgan fingerprint density at radius 2 is 1.94 bits per heavy atom. The van der Waals surface area contributed by atoms with Crippen molar-refractivity contribution < 1.29 is 0 Å². The van der Waals surface area contributed by atoms with Crippen LogP contribution in [0, 0.1) is 5.41 Å². The van der Waals surface area contributed by atoms with Crippen LogP contribution in [0.3, 0.4) is 0 Å². The Morgan fingerprint density at radius 3 is 2.38 bits per heavy atom. The van der Waals surface area contributed by atoms with Crippen molar-refractivity contribution in [2.75, 3.05) is 6.54 Å². The molecule has 0 aromatic heterocycles. The van der Waals surface area contributed by atoms with Crippen LogP contribution in [0.25, 0.3) is 0 Å². The summed E-state index contributed by atoms with van der Waals surface area (Å²) >= 11 is 9.57. The Labute approximate surface area is 112 Å². The highest BCUT2D eigenvalue weighted by atomic mass is 79.9. The summed E-state index contributed by atoms with van der Waals surface area (Å²) in [5, 5.41) is 4.29. The van der Waals surface area contributed by atoms with E-state index in [1.807, 2.05) is 12.1 Å². The predicted molar refractivity (Wildman–Crippen MR) is 75.0 cm³/mol. The molecule has 1 atom stereocenters. The average molecular weight is 305 g/mol. The van der Waals surface area contributed by atoms with Gasteiger partial charge in [-0.05, 0) is 35.7 Å². The first-order valence-corrected chi connectivity index (χ1v) is 6.71. The van der Waals surface area contributed by atoms with E-state index in [4.69, 9.17) is 11.6 Å². The molecule has 1 rings (SSSR count). The van der Waals surface area contributed by atoms with Crippen LogP contribution in [0.2, 0.25) is 5.02 Å². The minimum Gasteiger partial charge on any atom is -0.310 e. The van der Waals surface area contributed by atoms with Gasteiger partial charge in [-0.3, -0.25) is 0 Å². The van der Waals surface area contributed by atoms with Gasteiger partial charge in [0, 0.05) is 15.5 Å². The van der Waals surface area contributed by atoms with Gasteiger partial charge in [0.05, 0.1) is 0 Å². The van der Waals surface area contributed by atoms with E-state index < -0.39 is 0 Å². The summed E-state index contributed by atoms with van der Waals surface area (Å²) in [6.07, 6.45) is 0. The first-order valence-electron chi connectivity index (χ1n) is 5.54. The van der Waals surface area contributed by atoms with Crippen LogP contribution in [0.15, 0.2) is 22.7 Å². The molecular weight excluding hydrogens is 286 g/mol. The average Bonchev–Trinajstić information content (AvgIpc) is 2.10. The van der Waals surface area contributed by atoms with Gasteiger partial charge in [0.2, 0.25) is 0 Å². The molecule has 16 heavy (non-hydrogen) atoms. The highest BCUT2D eigenvalue weighted by Gasteiger charge is 2.25. The lowest BCUT2D eigenvalue weighted by Gasteiger charge is -2.32. The Hall–Kier alpha value is -0.0500. The zero-order valence-corrected chi connectivity index (χ0v) is 12.6. The fraction of sp³-hybridized carbons (Fsp3) is 0.538. The quantitative estimate of drug-likeness (QED) is 0.846. The van der Waals surface area contributed by atoms with E-state index in [1.165, 1.54) is 5.56 Å². The van der Waals surface area contributed by atoms with Crippen molar-refractivity contribution >= 4 is 27.5 Å². The molecule has 0 fully saturated rings. The Morgan fingerprint density at radius 1 is 1.31 bits per heavy atom. The second-order valence-corrected chi connectivity index (χ2v) is 6.41. The third-order valence-corrected chi connectivity index (χ3v) is 3.17. The lowest BCUT2D eigenvalue weighted by molar-refractivity contribution is 0.277. The summed E-state index contributed by atoms with van der Waals surface area (Å²) < 4.78 is 1.03. The maximum Gasteiger partial charge on any atom is 0.0420 e. The first kappa shape index (κ1) is 14.0. The fourth-order valence-electron chi connectivity index (χ4n) is 1.87. The maximum absolute atomic E-state index is 6.09. The molecule has 0 aliphatic carbocycles. The summed E-state index contributed by atoms with van der Waals surface area (Å²) in [5.41, 5.74) is 1.40. The SMILES string of the molecule is CCNC(c1cc(Cl)cc(Br)c1)C(C)(C)C. The van der Waals surface area contributed by atoms with Crippen molar-refractivity contribution in [3.63, 3.8) is 0 Å². The Kier molecular flexibility index (Phi) is 4.84. The van der Waals surface area contributed by atoms with Crippen LogP contribution >= 0.6 is 27.5 Å². The van der Waals surface area contributed by atoms with Crippen molar-refractivity contribution in [3.05, 3.63) is 33.3 Å². The van der Waals surface area contributed by atoms with Crippen LogP contribution in [-0.4, -0.2) is 6.54 Å². The van der Waals surface area contributed by atoms with Gasteiger partial charge < -0.3 is 5.32 Å². The first-order chi connectivity index (χ1) is 7.34. The molecule has 1 aromatic rings. The van der Waals surface area contributed by atoms with Crippen molar-refractivity contribution in [3.8, 4) is 0 Å². The number of benzene rings is 1. The third-order valence-electron chi connectivity index (χ3n) is 2.49. The number of hydrogen-bond donors (Lipinski definition) is 1. The van der Waals surface area contributed by atoms with Gasteiger partial charge in [-0.2, -0.15) is 0 Å². The number of nitrogens with one attached hydrogen (secondary N) is 1. The summed E-state index contributed by atoms with van der Waals surface area (Å²) in [4.78, 5) is 0. The van der Waals surface area contributed by atoms with E-state index in [9.17, 15) is 0 Å². The van der Waals surface area contributed by atoms with Crippen molar-refractivity contribution in [2.45, 2.75) is 33.7 Å². The molecule has 0 saturated heterocycles. The van der Waals surface area contributed by atoms with Crippen molar-refractivity contribution in [1.29, 1.82) is 0 Å². The number of hydrogen-bond acceptors (Lipinski definition) is 1. The monoisotopic (exact) mass is 303 g/mol. The smallest absolute Gasteiger partial charge is 0.0420 e. The zero-order valence-electron chi connectivity index (χ0n) is 10.3. The molecule has 0 aliphatic heterocycles. The summed E-state index contributed by atoms with van der Waals surface area (Å²) in [7, 11) is 0. The number of rotatable bonds is 3. The lowest BCUT2D eigenvalue weighted by Crippen LogP contribution is -2.32. The van der Waals surface area contributed by atoms with Gasteiger partial charge in [-0.25, -0.2) is 0 Å². The minimum absolute atomic E-state index is 0.167. The molecule has 0 heterocycles. The summed E-state index contributed by atoms with van der Waals surface area (Å²) in [6, 6.07) is 6.39. The third kappa shape index (κ3) is 3.76. The molecule has 0 bridgehead atoms. The normalized spacial score (nSPS) is 13.9. The molecular formula is C13H19BrClN. The largest absolute Gasteiger partial charge is 0.310 e. The molecule has 1 nitrogen and oxygen atoms in total. The van der Waals surface area contributed by atoms with E-state index in [0.717, 1.165) is 16.0 Å². The second kappa shape index (κ2) is 5.52. The van der Waals surface area contributed by atoms with E-state index in [1.54, 1.807) is 0 Å². The molecule has 1 unspecified atom stereocenters. The van der Waals surface area contributed by atoms with Crippen LogP contribution in [0.1, 0.15) is 39.3 Å². The molecule has 0 saturated carbocycles. The molecule has 0 aliphatic rings. The van der Waals surface area contributed by atoms with Crippen molar-refractivity contribution in [2.24, 2.45) is 5.41 Å². The van der Waals surface area contributed by atoms with Gasteiger partial charge in [0.15, 0.2) is 0 Å². The molecule has 90 valence electrons.